The van der Waals surface area contributed by atoms with E-state index in [0.717, 1.165) is 40.7 Å². The summed E-state index contributed by atoms with van der Waals surface area (Å²) in [6, 6.07) is 15.4. The van der Waals surface area contributed by atoms with E-state index in [0.29, 0.717) is 49.1 Å². The molecular weight excluding hydrogens is 456 g/mol. The van der Waals surface area contributed by atoms with E-state index in [-0.39, 0.29) is 12.3 Å². The highest BCUT2D eigenvalue weighted by molar-refractivity contribution is 5.83. The fourth-order valence-corrected chi connectivity index (χ4v) is 4.26. The van der Waals surface area contributed by atoms with Gasteiger partial charge in [0.05, 0.1) is 20.1 Å². The quantitative estimate of drug-likeness (QED) is 0.330. The summed E-state index contributed by atoms with van der Waals surface area (Å²) in [5.41, 5.74) is 5.46. The van der Waals surface area contributed by atoms with Gasteiger partial charge in [-0.25, -0.2) is 4.98 Å². The lowest BCUT2D eigenvalue weighted by Gasteiger charge is -2.17. The van der Waals surface area contributed by atoms with E-state index in [4.69, 9.17) is 9.47 Å². The van der Waals surface area contributed by atoms with Gasteiger partial charge in [0.2, 0.25) is 5.88 Å². The molecule has 7 nitrogen and oxygen atoms in total. The third-order valence-corrected chi connectivity index (χ3v) is 6.27. The van der Waals surface area contributed by atoms with Gasteiger partial charge < -0.3 is 19.9 Å². The minimum atomic E-state index is -0.883. The van der Waals surface area contributed by atoms with Gasteiger partial charge >= 0.3 is 5.97 Å². The summed E-state index contributed by atoms with van der Waals surface area (Å²) >= 11 is 0. The van der Waals surface area contributed by atoms with Crippen LogP contribution in [0.25, 0.3) is 22.3 Å². The third kappa shape index (κ3) is 6.49. The van der Waals surface area contributed by atoms with Gasteiger partial charge in [-0.3, -0.25) is 9.59 Å². The lowest BCUT2D eigenvalue weighted by atomic mass is 9.93. The summed E-state index contributed by atoms with van der Waals surface area (Å²) in [6.07, 6.45) is 4.30. The Labute approximate surface area is 211 Å². The van der Waals surface area contributed by atoms with Crippen molar-refractivity contribution in [3.8, 4) is 33.9 Å². The van der Waals surface area contributed by atoms with Gasteiger partial charge in [0.1, 0.15) is 11.5 Å². The monoisotopic (exact) mass is 488 g/mol. The second kappa shape index (κ2) is 11.8. The van der Waals surface area contributed by atoms with Crippen molar-refractivity contribution in [2.75, 3.05) is 20.3 Å². The number of hydrogen-bond acceptors (Lipinski definition) is 6. The van der Waals surface area contributed by atoms with Gasteiger partial charge in [0.25, 0.3) is 0 Å². The number of benzene rings is 2. The van der Waals surface area contributed by atoms with Gasteiger partial charge in [-0.15, -0.1) is 0 Å². The number of aromatic nitrogens is 1. The van der Waals surface area contributed by atoms with E-state index in [2.05, 4.69) is 16.4 Å². The lowest BCUT2D eigenvalue weighted by molar-refractivity contribution is -0.136. The zero-order valence-electron chi connectivity index (χ0n) is 20.8. The summed E-state index contributed by atoms with van der Waals surface area (Å²) < 4.78 is 11.1. The number of carboxylic acids is 1. The number of nitrogens with one attached hydrogen (secondary N) is 1. The molecule has 2 N–H and O–H groups in total. The van der Waals surface area contributed by atoms with Crippen molar-refractivity contribution in [2.24, 2.45) is 5.92 Å². The maximum absolute atomic E-state index is 12.1. The number of nitrogens with zero attached hydrogens (tertiary/aromatic N) is 1. The Morgan fingerprint density at radius 2 is 1.86 bits per heavy atom. The minimum absolute atomic E-state index is 0.0657. The Kier molecular flexibility index (Phi) is 8.33. The van der Waals surface area contributed by atoms with Crippen LogP contribution in [-0.2, 0) is 22.6 Å². The molecule has 4 rings (SSSR count). The Hall–Kier alpha value is -3.71. The highest BCUT2D eigenvalue weighted by Gasteiger charge is 2.28. The number of carbonyl (C=O) groups is 2. The first kappa shape index (κ1) is 25.4. The maximum atomic E-state index is 12.1. The number of aliphatic carboxylic acids is 1. The predicted molar refractivity (Wildman–Crippen MR) is 138 cm³/mol. The van der Waals surface area contributed by atoms with Crippen LogP contribution in [0, 0.1) is 5.92 Å². The summed E-state index contributed by atoms with van der Waals surface area (Å²) in [5, 5.41) is 12.7. The van der Waals surface area contributed by atoms with Crippen molar-refractivity contribution in [3.63, 3.8) is 0 Å². The van der Waals surface area contributed by atoms with E-state index in [9.17, 15) is 14.7 Å². The molecule has 7 heteroatoms. The molecule has 1 aromatic heterocycles. The number of hydrogen-bond donors (Lipinski definition) is 2. The first-order valence-corrected chi connectivity index (χ1v) is 12.3. The van der Waals surface area contributed by atoms with Gasteiger partial charge in [-0.2, -0.15) is 0 Å². The summed E-state index contributed by atoms with van der Waals surface area (Å²) in [7, 11) is 1.61. The highest BCUT2D eigenvalue weighted by atomic mass is 16.5. The fourth-order valence-electron chi connectivity index (χ4n) is 4.26. The molecule has 2 aromatic carbocycles. The number of carboxylic acid groups (broad SMARTS) is 1. The zero-order chi connectivity index (χ0) is 25.5. The Morgan fingerprint density at radius 3 is 2.53 bits per heavy atom. The molecule has 1 aliphatic carbocycles. The van der Waals surface area contributed by atoms with Crippen LogP contribution in [0.1, 0.15) is 37.3 Å². The number of carbonyl (C=O) groups excluding carboxylic acids is 1. The number of pyridine rings is 1. The highest BCUT2D eigenvalue weighted by Crippen LogP contribution is 2.36. The normalized spacial score (nSPS) is 12.8. The number of Topliss-reactive ketones (excluding diaryl/α,β-unsaturated/α-hetero) is 1. The lowest BCUT2D eigenvalue weighted by Crippen LogP contribution is -2.19. The molecule has 0 atom stereocenters. The molecule has 1 fully saturated rings. The predicted octanol–water partition coefficient (Wildman–Crippen LogP) is 4.91. The molecule has 36 heavy (non-hydrogen) atoms. The number of rotatable bonds is 13. The molecule has 1 heterocycles. The third-order valence-electron chi connectivity index (χ3n) is 6.27. The average Bonchev–Trinajstić information content (AvgIpc) is 3.72. The molecule has 0 saturated heterocycles. The largest absolute Gasteiger partial charge is 0.496 e. The standard InChI is InChI=1S/C29H32N2O5/c1-3-36-28-11-8-22(18-31-28)21-7-9-24(23(16-21)17-30-13-12-26(32)20-5-6-20)25-14-19(15-29(33)34)4-10-27(25)35-2/h4,7-11,14,16,18,20,30H,3,5-6,12-13,15,17H2,1-2H3,(H,33,34). The molecule has 0 bridgehead atoms. The van der Waals surface area contributed by atoms with Crippen molar-refractivity contribution >= 4 is 11.8 Å². The molecule has 0 spiro atoms. The number of ether oxygens (including phenoxy) is 2. The van der Waals surface area contributed by atoms with Crippen LogP contribution in [0.15, 0.2) is 54.7 Å². The molecule has 0 aliphatic heterocycles. The van der Waals surface area contributed by atoms with Crippen LogP contribution >= 0.6 is 0 Å². The van der Waals surface area contributed by atoms with Crippen LogP contribution in [0.2, 0.25) is 0 Å². The second-order valence-corrected chi connectivity index (χ2v) is 8.96. The van der Waals surface area contributed by atoms with Gasteiger partial charge in [-0.05, 0) is 66.3 Å². The minimum Gasteiger partial charge on any atom is -0.496 e. The van der Waals surface area contributed by atoms with Crippen molar-refractivity contribution in [1.82, 2.24) is 10.3 Å². The average molecular weight is 489 g/mol. The Morgan fingerprint density at radius 1 is 1.06 bits per heavy atom. The first-order chi connectivity index (χ1) is 17.5. The van der Waals surface area contributed by atoms with Gasteiger partial charge in [0, 0.05) is 48.8 Å². The number of ketones is 1. The molecule has 3 aromatic rings. The van der Waals surface area contributed by atoms with Crippen molar-refractivity contribution in [1.29, 1.82) is 0 Å². The van der Waals surface area contributed by atoms with Crippen molar-refractivity contribution in [2.45, 2.75) is 39.2 Å². The molecule has 0 radical (unpaired) electrons. The number of methoxy groups -OCH3 is 1. The first-order valence-electron chi connectivity index (χ1n) is 12.3. The van der Waals surface area contributed by atoms with Crippen LogP contribution < -0.4 is 14.8 Å². The van der Waals surface area contributed by atoms with E-state index < -0.39 is 5.97 Å². The van der Waals surface area contributed by atoms with Crippen molar-refractivity contribution < 1.29 is 24.2 Å². The fraction of sp³-hybridized carbons (Fsp3) is 0.345. The van der Waals surface area contributed by atoms with Crippen LogP contribution in [0.3, 0.4) is 0 Å². The molecule has 1 saturated carbocycles. The summed E-state index contributed by atoms with van der Waals surface area (Å²) in [6.45, 7) is 3.64. The zero-order valence-corrected chi connectivity index (χ0v) is 20.8. The Bertz CT molecular complexity index is 1220. The molecule has 0 amide bonds. The molecule has 188 valence electrons. The van der Waals surface area contributed by atoms with Crippen LogP contribution in [-0.4, -0.2) is 42.1 Å². The molecule has 1 aliphatic rings. The SMILES string of the molecule is CCOc1ccc(-c2ccc(-c3cc(CC(=O)O)ccc3OC)c(CNCCC(=O)C3CC3)c2)cn1. The van der Waals surface area contributed by atoms with E-state index in [1.165, 1.54) is 0 Å². The summed E-state index contributed by atoms with van der Waals surface area (Å²) in [5.74, 6) is 0.968. The van der Waals surface area contributed by atoms with E-state index in [1.807, 2.05) is 43.3 Å². The second-order valence-electron chi connectivity index (χ2n) is 8.96. The summed E-state index contributed by atoms with van der Waals surface area (Å²) in [4.78, 5) is 27.8. The molecular formula is C29H32N2O5. The van der Waals surface area contributed by atoms with E-state index >= 15 is 0 Å². The van der Waals surface area contributed by atoms with Crippen LogP contribution in [0.5, 0.6) is 11.6 Å². The topological polar surface area (TPSA) is 97.8 Å². The van der Waals surface area contributed by atoms with Gasteiger partial charge in [0.15, 0.2) is 0 Å². The van der Waals surface area contributed by atoms with E-state index in [1.54, 1.807) is 19.4 Å². The van der Waals surface area contributed by atoms with Crippen molar-refractivity contribution in [3.05, 3.63) is 65.9 Å². The van der Waals surface area contributed by atoms with Gasteiger partial charge in [-0.1, -0.05) is 18.2 Å². The Balaban J connectivity index is 1.65. The van der Waals surface area contributed by atoms with Crippen LogP contribution in [0.4, 0.5) is 0 Å². The molecule has 0 unspecified atom stereocenters. The maximum Gasteiger partial charge on any atom is 0.307 e. The smallest absolute Gasteiger partial charge is 0.307 e.